The Morgan fingerprint density at radius 2 is 2.05 bits per heavy atom. The van der Waals surface area contributed by atoms with Crippen LogP contribution in [0.2, 0.25) is 0 Å². The van der Waals surface area contributed by atoms with Gasteiger partial charge in [-0.2, -0.15) is 0 Å². The number of ether oxygens (including phenoxy) is 1. The Morgan fingerprint density at radius 3 is 2.89 bits per heavy atom. The number of alkyl halides is 2. The van der Waals surface area contributed by atoms with Crippen LogP contribution >= 0.6 is 0 Å². The molecule has 3 nitrogen and oxygen atoms in total. The Hall–Kier alpha value is -1.75. The molecule has 0 aliphatic carbocycles. The molecule has 1 aromatic heterocycles. The highest BCUT2D eigenvalue weighted by molar-refractivity contribution is 5.78. The number of piperidine rings is 1. The minimum Gasteiger partial charge on any atom is -0.467 e. The first kappa shape index (κ1) is 12.3. The van der Waals surface area contributed by atoms with Crippen molar-refractivity contribution in [1.82, 2.24) is 10.3 Å². The van der Waals surface area contributed by atoms with Crippen LogP contribution in [0.1, 0.15) is 6.42 Å². The van der Waals surface area contributed by atoms with Crippen LogP contribution in [-0.2, 0) is 0 Å². The van der Waals surface area contributed by atoms with Gasteiger partial charge in [0.25, 0.3) is 5.92 Å². The van der Waals surface area contributed by atoms with E-state index in [1.807, 2.05) is 30.3 Å². The van der Waals surface area contributed by atoms with Crippen molar-refractivity contribution >= 4 is 10.9 Å². The highest BCUT2D eigenvalue weighted by Gasteiger charge is 2.43. The standard InChI is InChI=1S/C14H14F2N2O/c15-14(16)7-8-17-9-12(14)19-13-6-5-10-3-1-2-4-11(10)18-13/h1-6,12,17H,7-9H2/t12-/m0/s1. The molecule has 19 heavy (non-hydrogen) atoms. The molecular formula is C14H14F2N2O. The molecule has 1 aromatic carbocycles. The second-order valence-corrected chi connectivity index (χ2v) is 4.66. The van der Waals surface area contributed by atoms with Crippen LogP contribution in [0, 0.1) is 0 Å². The second kappa shape index (κ2) is 4.74. The van der Waals surface area contributed by atoms with Gasteiger partial charge in [0.05, 0.1) is 5.52 Å². The Morgan fingerprint density at radius 1 is 1.21 bits per heavy atom. The van der Waals surface area contributed by atoms with Crippen LogP contribution in [0.25, 0.3) is 10.9 Å². The summed E-state index contributed by atoms with van der Waals surface area (Å²) < 4.78 is 32.7. The molecule has 1 N–H and O–H groups in total. The van der Waals surface area contributed by atoms with Gasteiger partial charge in [-0.25, -0.2) is 13.8 Å². The fraction of sp³-hybridized carbons (Fsp3) is 0.357. The smallest absolute Gasteiger partial charge is 0.286 e. The van der Waals surface area contributed by atoms with Gasteiger partial charge in [0.1, 0.15) is 0 Å². The number of rotatable bonds is 2. The highest BCUT2D eigenvalue weighted by Crippen LogP contribution is 2.28. The molecular weight excluding hydrogens is 250 g/mol. The van der Waals surface area contributed by atoms with Crippen LogP contribution in [0.4, 0.5) is 8.78 Å². The van der Waals surface area contributed by atoms with E-state index in [0.717, 1.165) is 10.9 Å². The number of halogens is 2. The van der Waals surface area contributed by atoms with E-state index >= 15 is 0 Å². The molecule has 0 spiro atoms. The zero-order chi connectivity index (χ0) is 13.3. The predicted molar refractivity (Wildman–Crippen MR) is 68.6 cm³/mol. The van der Waals surface area contributed by atoms with Gasteiger partial charge in [-0.3, -0.25) is 0 Å². The van der Waals surface area contributed by atoms with Gasteiger partial charge in [0.2, 0.25) is 5.88 Å². The van der Waals surface area contributed by atoms with Crippen LogP contribution in [-0.4, -0.2) is 30.1 Å². The van der Waals surface area contributed by atoms with Crippen molar-refractivity contribution in [2.24, 2.45) is 0 Å². The van der Waals surface area contributed by atoms with Crippen molar-refractivity contribution in [1.29, 1.82) is 0 Å². The lowest BCUT2D eigenvalue weighted by Crippen LogP contribution is -2.51. The SMILES string of the molecule is FC1(F)CCNC[C@@H]1Oc1ccc2ccccc2n1. The minimum absolute atomic E-state index is 0.140. The van der Waals surface area contributed by atoms with E-state index in [2.05, 4.69) is 10.3 Å². The molecule has 0 bridgehead atoms. The Balaban J connectivity index is 1.84. The van der Waals surface area contributed by atoms with Crippen molar-refractivity contribution in [3.63, 3.8) is 0 Å². The van der Waals surface area contributed by atoms with Gasteiger partial charge in [-0.05, 0) is 12.1 Å². The number of hydrogen-bond donors (Lipinski definition) is 1. The first-order valence-corrected chi connectivity index (χ1v) is 6.26. The zero-order valence-corrected chi connectivity index (χ0v) is 10.3. The summed E-state index contributed by atoms with van der Waals surface area (Å²) in [5.74, 6) is -2.56. The van der Waals surface area contributed by atoms with E-state index in [-0.39, 0.29) is 18.8 Å². The first-order chi connectivity index (χ1) is 9.15. The second-order valence-electron chi connectivity index (χ2n) is 4.66. The number of pyridine rings is 1. The number of aromatic nitrogens is 1. The molecule has 2 aromatic rings. The summed E-state index contributed by atoms with van der Waals surface area (Å²) in [4.78, 5) is 4.25. The molecule has 1 saturated heterocycles. The number of para-hydroxylation sites is 1. The maximum Gasteiger partial charge on any atom is 0.286 e. The summed E-state index contributed by atoms with van der Waals surface area (Å²) in [5, 5.41) is 3.88. The summed E-state index contributed by atoms with van der Waals surface area (Å²) in [6, 6.07) is 11.0. The molecule has 1 aliphatic rings. The fourth-order valence-electron chi connectivity index (χ4n) is 2.19. The number of fused-ring (bicyclic) bond motifs is 1. The molecule has 1 fully saturated rings. The fourth-order valence-corrected chi connectivity index (χ4v) is 2.19. The molecule has 0 amide bonds. The lowest BCUT2D eigenvalue weighted by molar-refractivity contribution is -0.113. The van der Waals surface area contributed by atoms with Gasteiger partial charge >= 0.3 is 0 Å². The van der Waals surface area contributed by atoms with Gasteiger partial charge in [0.15, 0.2) is 6.10 Å². The minimum atomic E-state index is -2.81. The molecule has 0 unspecified atom stereocenters. The Labute approximate surface area is 109 Å². The molecule has 0 radical (unpaired) electrons. The lowest BCUT2D eigenvalue weighted by Gasteiger charge is -2.31. The predicted octanol–water partition coefficient (Wildman–Crippen LogP) is 2.61. The molecule has 2 heterocycles. The number of hydrogen-bond acceptors (Lipinski definition) is 3. The largest absolute Gasteiger partial charge is 0.467 e. The Bertz CT molecular complexity index is 588. The monoisotopic (exact) mass is 264 g/mol. The molecule has 0 saturated carbocycles. The summed E-state index contributed by atoms with van der Waals surface area (Å²) in [5.41, 5.74) is 0.743. The van der Waals surface area contributed by atoms with Gasteiger partial charge in [-0.1, -0.05) is 18.2 Å². The van der Waals surface area contributed by atoms with E-state index < -0.39 is 12.0 Å². The quantitative estimate of drug-likeness (QED) is 0.905. The summed E-state index contributed by atoms with van der Waals surface area (Å²) in [7, 11) is 0. The summed E-state index contributed by atoms with van der Waals surface area (Å²) >= 11 is 0. The van der Waals surface area contributed by atoms with E-state index in [1.165, 1.54) is 0 Å². The molecule has 100 valence electrons. The van der Waals surface area contributed by atoms with Gasteiger partial charge in [-0.15, -0.1) is 0 Å². The van der Waals surface area contributed by atoms with E-state index in [1.54, 1.807) is 6.07 Å². The third kappa shape index (κ3) is 2.51. The van der Waals surface area contributed by atoms with E-state index in [0.29, 0.717) is 6.54 Å². The van der Waals surface area contributed by atoms with Crippen molar-refractivity contribution in [2.45, 2.75) is 18.4 Å². The first-order valence-electron chi connectivity index (χ1n) is 6.26. The van der Waals surface area contributed by atoms with Gasteiger partial charge in [0, 0.05) is 31.0 Å². The number of benzene rings is 1. The normalized spacial score (nSPS) is 22.3. The van der Waals surface area contributed by atoms with Crippen LogP contribution in [0.15, 0.2) is 36.4 Å². The van der Waals surface area contributed by atoms with Gasteiger partial charge < -0.3 is 10.1 Å². The van der Waals surface area contributed by atoms with E-state index in [9.17, 15) is 8.78 Å². The van der Waals surface area contributed by atoms with Crippen molar-refractivity contribution < 1.29 is 13.5 Å². The van der Waals surface area contributed by atoms with Crippen molar-refractivity contribution in [3.8, 4) is 5.88 Å². The topological polar surface area (TPSA) is 34.1 Å². The highest BCUT2D eigenvalue weighted by atomic mass is 19.3. The molecule has 1 aliphatic heterocycles. The van der Waals surface area contributed by atoms with Crippen LogP contribution < -0.4 is 10.1 Å². The molecule has 1 atom stereocenters. The van der Waals surface area contributed by atoms with Crippen LogP contribution in [0.3, 0.4) is 0 Å². The molecule has 5 heteroatoms. The molecule has 3 rings (SSSR count). The maximum atomic E-state index is 13.7. The lowest BCUT2D eigenvalue weighted by atomic mass is 10.1. The summed E-state index contributed by atoms with van der Waals surface area (Å²) in [6.45, 7) is 0.458. The summed E-state index contributed by atoms with van der Waals surface area (Å²) in [6.07, 6.45) is -1.36. The van der Waals surface area contributed by atoms with E-state index in [4.69, 9.17) is 4.74 Å². The average Bonchev–Trinajstić information content (AvgIpc) is 2.41. The number of nitrogens with one attached hydrogen (secondary N) is 1. The van der Waals surface area contributed by atoms with Crippen molar-refractivity contribution in [2.75, 3.05) is 13.1 Å². The van der Waals surface area contributed by atoms with Crippen LogP contribution in [0.5, 0.6) is 5.88 Å². The number of nitrogens with zero attached hydrogens (tertiary/aromatic N) is 1. The third-order valence-electron chi connectivity index (χ3n) is 3.27. The third-order valence-corrected chi connectivity index (χ3v) is 3.27. The Kier molecular flexibility index (Phi) is 3.06. The van der Waals surface area contributed by atoms with Crippen molar-refractivity contribution in [3.05, 3.63) is 36.4 Å². The maximum absolute atomic E-state index is 13.7. The zero-order valence-electron chi connectivity index (χ0n) is 10.3. The average molecular weight is 264 g/mol.